The largest absolute Gasteiger partial charge is 0.461 e. The first-order chi connectivity index (χ1) is 9.74. The zero-order valence-electron chi connectivity index (χ0n) is 11.8. The topological polar surface area (TPSA) is 25.2 Å². The van der Waals surface area contributed by atoms with Gasteiger partial charge in [-0.2, -0.15) is 0 Å². The molecule has 3 heteroatoms. The molecule has 0 saturated carbocycles. The Bertz CT molecular complexity index is 684. The minimum absolute atomic E-state index is 0.460. The molecule has 0 saturated heterocycles. The fourth-order valence-corrected chi connectivity index (χ4v) is 3.36. The Kier molecular flexibility index (Phi) is 3.90. The number of rotatable bonds is 5. The molecular weight excluding hydrogens is 266 g/mol. The van der Waals surface area contributed by atoms with Gasteiger partial charge in [-0.1, -0.05) is 24.3 Å². The van der Waals surface area contributed by atoms with Crippen LogP contribution in [0.1, 0.15) is 23.1 Å². The van der Waals surface area contributed by atoms with Gasteiger partial charge in [0, 0.05) is 28.4 Å². The molecule has 1 unspecified atom stereocenters. The van der Waals surface area contributed by atoms with E-state index in [1.165, 1.54) is 15.8 Å². The Labute approximate surface area is 123 Å². The Hall–Kier alpha value is -1.58. The molecule has 0 amide bonds. The molecule has 1 aromatic carbocycles. The maximum absolute atomic E-state index is 5.80. The summed E-state index contributed by atoms with van der Waals surface area (Å²) in [5.41, 5.74) is 2.26. The smallest absolute Gasteiger partial charge is 0.134 e. The van der Waals surface area contributed by atoms with E-state index in [0.29, 0.717) is 6.04 Å². The number of fused-ring (bicyclic) bond motifs is 1. The Morgan fingerprint density at radius 2 is 2.05 bits per heavy atom. The minimum Gasteiger partial charge on any atom is -0.461 e. The highest BCUT2D eigenvalue weighted by Gasteiger charge is 2.11. The molecule has 0 bridgehead atoms. The van der Waals surface area contributed by atoms with E-state index in [1.54, 1.807) is 0 Å². The number of para-hydroxylation sites is 1. The standard InChI is InChI=1S/C17H19NOS/c1-12(10-14-6-5-9-20-14)18-11-16-13(2)19-17-8-4-3-7-15(16)17/h3-9,12,18H,10-11H2,1-2H3. The van der Waals surface area contributed by atoms with Crippen LogP contribution in [0.15, 0.2) is 46.2 Å². The molecule has 0 spiro atoms. The van der Waals surface area contributed by atoms with E-state index in [1.807, 2.05) is 30.4 Å². The van der Waals surface area contributed by atoms with Gasteiger partial charge in [-0.05, 0) is 37.8 Å². The van der Waals surface area contributed by atoms with Crippen LogP contribution < -0.4 is 5.32 Å². The lowest BCUT2D eigenvalue weighted by atomic mass is 10.1. The van der Waals surface area contributed by atoms with Gasteiger partial charge in [-0.15, -0.1) is 11.3 Å². The molecular formula is C17H19NOS. The first-order valence-electron chi connectivity index (χ1n) is 6.97. The second-order valence-corrected chi connectivity index (χ2v) is 6.23. The third kappa shape index (κ3) is 2.79. The molecule has 2 nitrogen and oxygen atoms in total. The summed E-state index contributed by atoms with van der Waals surface area (Å²) < 4.78 is 5.80. The van der Waals surface area contributed by atoms with Crippen molar-refractivity contribution in [3.05, 3.63) is 58.0 Å². The van der Waals surface area contributed by atoms with Gasteiger partial charge in [0.1, 0.15) is 11.3 Å². The maximum atomic E-state index is 5.80. The van der Waals surface area contributed by atoms with E-state index in [-0.39, 0.29) is 0 Å². The minimum atomic E-state index is 0.460. The first-order valence-corrected chi connectivity index (χ1v) is 7.85. The van der Waals surface area contributed by atoms with Crippen molar-refractivity contribution in [1.29, 1.82) is 0 Å². The Morgan fingerprint density at radius 3 is 2.85 bits per heavy atom. The van der Waals surface area contributed by atoms with Crippen LogP contribution in [0.25, 0.3) is 11.0 Å². The molecule has 0 radical (unpaired) electrons. The van der Waals surface area contributed by atoms with Crippen LogP contribution in [0.4, 0.5) is 0 Å². The Balaban J connectivity index is 1.69. The van der Waals surface area contributed by atoms with Crippen molar-refractivity contribution in [3.8, 4) is 0 Å². The second-order valence-electron chi connectivity index (χ2n) is 5.20. The number of thiophene rings is 1. The van der Waals surface area contributed by atoms with Crippen molar-refractivity contribution < 1.29 is 4.42 Å². The number of nitrogens with one attached hydrogen (secondary N) is 1. The van der Waals surface area contributed by atoms with Crippen molar-refractivity contribution in [1.82, 2.24) is 5.32 Å². The lowest BCUT2D eigenvalue weighted by Crippen LogP contribution is -2.27. The van der Waals surface area contributed by atoms with E-state index in [0.717, 1.165) is 24.3 Å². The Morgan fingerprint density at radius 1 is 1.20 bits per heavy atom. The fourth-order valence-electron chi connectivity index (χ4n) is 2.52. The zero-order valence-corrected chi connectivity index (χ0v) is 12.7. The van der Waals surface area contributed by atoms with Crippen LogP contribution in [-0.4, -0.2) is 6.04 Å². The molecule has 1 atom stereocenters. The highest BCUT2D eigenvalue weighted by atomic mass is 32.1. The van der Waals surface area contributed by atoms with E-state index >= 15 is 0 Å². The molecule has 2 heterocycles. The number of benzene rings is 1. The summed E-state index contributed by atoms with van der Waals surface area (Å²) in [7, 11) is 0. The molecule has 20 heavy (non-hydrogen) atoms. The average Bonchev–Trinajstić information content (AvgIpc) is 3.03. The summed E-state index contributed by atoms with van der Waals surface area (Å²) in [6.07, 6.45) is 1.08. The van der Waals surface area contributed by atoms with Crippen molar-refractivity contribution in [2.75, 3.05) is 0 Å². The van der Waals surface area contributed by atoms with Gasteiger partial charge in [0.15, 0.2) is 0 Å². The highest BCUT2D eigenvalue weighted by molar-refractivity contribution is 7.09. The third-order valence-electron chi connectivity index (χ3n) is 3.61. The molecule has 0 aliphatic carbocycles. The van der Waals surface area contributed by atoms with Crippen molar-refractivity contribution >= 4 is 22.3 Å². The molecule has 3 rings (SSSR count). The normalized spacial score (nSPS) is 12.9. The fraction of sp³-hybridized carbons (Fsp3) is 0.294. The number of aryl methyl sites for hydroxylation is 1. The van der Waals surface area contributed by atoms with Crippen molar-refractivity contribution in [3.63, 3.8) is 0 Å². The molecule has 0 aliphatic heterocycles. The molecule has 0 fully saturated rings. The van der Waals surface area contributed by atoms with Gasteiger partial charge < -0.3 is 9.73 Å². The molecule has 1 N–H and O–H groups in total. The third-order valence-corrected chi connectivity index (χ3v) is 4.51. The molecule has 0 aliphatic rings. The SMILES string of the molecule is Cc1oc2ccccc2c1CNC(C)Cc1cccs1. The average molecular weight is 285 g/mol. The van der Waals surface area contributed by atoms with Gasteiger partial charge in [0.25, 0.3) is 0 Å². The number of hydrogen-bond acceptors (Lipinski definition) is 3. The molecule has 3 aromatic rings. The van der Waals surface area contributed by atoms with E-state index in [2.05, 4.69) is 41.9 Å². The predicted octanol–water partition coefficient (Wildman–Crippen LogP) is 4.52. The first kappa shape index (κ1) is 13.4. The van der Waals surface area contributed by atoms with Crippen molar-refractivity contribution in [2.24, 2.45) is 0 Å². The zero-order chi connectivity index (χ0) is 13.9. The van der Waals surface area contributed by atoms with Gasteiger partial charge in [0.2, 0.25) is 0 Å². The highest BCUT2D eigenvalue weighted by Crippen LogP contribution is 2.25. The van der Waals surface area contributed by atoms with E-state index in [9.17, 15) is 0 Å². The summed E-state index contributed by atoms with van der Waals surface area (Å²) >= 11 is 1.82. The van der Waals surface area contributed by atoms with Crippen LogP contribution in [-0.2, 0) is 13.0 Å². The summed E-state index contributed by atoms with van der Waals surface area (Å²) in [4.78, 5) is 1.43. The quantitative estimate of drug-likeness (QED) is 0.745. The van der Waals surface area contributed by atoms with E-state index < -0.39 is 0 Å². The lowest BCUT2D eigenvalue weighted by molar-refractivity contribution is 0.531. The van der Waals surface area contributed by atoms with Crippen LogP contribution in [0.2, 0.25) is 0 Å². The van der Waals surface area contributed by atoms with Crippen LogP contribution in [0.3, 0.4) is 0 Å². The van der Waals surface area contributed by atoms with Crippen LogP contribution >= 0.6 is 11.3 Å². The summed E-state index contributed by atoms with van der Waals surface area (Å²) in [6.45, 7) is 5.13. The monoisotopic (exact) mass is 285 g/mol. The van der Waals surface area contributed by atoms with Gasteiger partial charge >= 0.3 is 0 Å². The van der Waals surface area contributed by atoms with Crippen LogP contribution in [0.5, 0.6) is 0 Å². The lowest BCUT2D eigenvalue weighted by Gasteiger charge is -2.12. The van der Waals surface area contributed by atoms with Crippen molar-refractivity contribution in [2.45, 2.75) is 32.9 Å². The number of hydrogen-bond donors (Lipinski definition) is 1. The van der Waals surface area contributed by atoms with E-state index in [4.69, 9.17) is 4.42 Å². The molecule has 104 valence electrons. The van der Waals surface area contributed by atoms with Gasteiger partial charge in [-0.25, -0.2) is 0 Å². The summed E-state index contributed by atoms with van der Waals surface area (Å²) in [6, 6.07) is 13.0. The second kappa shape index (κ2) is 5.81. The maximum Gasteiger partial charge on any atom is 0.134 e. The summed E-state index contributed by atoms with van der Waals surface area (Å²) in [5.74, 6) is 1.02. The van der Waals surface area contributed by atoms with Gasteiger partial charge in [-0.3, -0.25) is 0 Å². The number of furan rings is 1. The van der Waals surface area contributed by atoms with Crippen LogP contribution in [0, 0.1) is 6.92 Å². The molecule has 2 aromatic heterocycles. The summed E-state index contributed by atoms with van der Waals surface area (Å²) in [5, 5.41) is 6.96. The van der Waals surface area contributed by atoms with Gasteiger partial charge in [0.05, 0.1) is 0 Å². The predicted molar refractivity (Wildman–Crippen MR) is 85.3 cm³/mol.